The zero-order chi connectivity index (χ0) is 18.6. The molecule has 0 radical (unpaired) electrons. The SMILES string of the molecule is CN(Cc1ccsc1)C(=O)COC(=O)c1cc(S(N)(=O)=O)ccc1Cl. The van der Waals surface area contributed by atoms with Crippen molar-refractivity contribution in [3.63, 3.8) is 0 Å². The van der Waals surface area contributed by atoms with E-state index in [9.17, 15) is 18.0 Å². The number of hydrogen-bond acceptors (Lipinski definition) is 6. The number of thiophene rings is 1. The number of primary sulfonamides is 1. The number of carbonyl (C=O) groups is 2. The third kappa shape index (κ3) is 5.27. The molecule has 2 aromatic rings. The first-order valence-electron chi connectivity index (χ1n) is 6.93. The zero-order valence-corrected chi connectivity index (χ0v) is 15.5. The van der Waals surface area contributed by atoms with Crippen LogP contribution >= 0.6 is 22.9 Å². The standard InChI is InChI=1S/C15H15ClN2O5S2/c1-18(7-10-4-5-24-9-10)14(19)8-23-15(20)12-6-11(25(17,21)22)2-3-13(12)16/h2-6,9H,7-8H2,1H3,(H2,17,21,22). The molecule has 1 aromatic carbocycles. The summed E-state index contributed by atoms with van der Waals surface area (Å²) in [5.74, 6) is -1.31. The summed E-state index contributed by atoms with van der Waals surface area (Å²) in [5.41, 5.74) is 0.789. The van der Waals surface area contributed by atoms with Gasteiger partial charge in [-0.05, 0) is 40.6 Å². The molecule has 134 valence electrons. The van der Waals surface area contributed by atoms with Crippen LogP contribution in [0.25, 0.3) is 0 Å². The van der Waals surface area contributed by atoms with Gasteiger partial charge >= 0.3 is 5.97 Å². The van der Waals surface area contributed by atoms with Gasteiger partial charge < -0.3 is 9.64 Å². The minimum Gasteiger partial charge on any atom is -0.452 e. The lowest BCUT2D eigenvalue weighted by Gasteiger charge is -2.16. The van der Waals surface area contributed by atoms with Crippen molar-refractivity contribution in [1.29, 1.82) is 0 Å². The van der Waals surface area contributed by atoms with E-state index in [2.05, 4.69) is 0 Å². The second-order valence-electron chi connectivity index (χ2n) is 5.14. The van der Waals surface area contributed by atoms with Crippen molar-refractivity contribution in [3.05, 3.63) is 51.2 Å². The topological polar surface area (TPSA) is 107 Å². The van der Waals surface area contributed by atoms with Gasteiger partial charge in [-0.3, -0.25) is 4.79 Å². The molecule has 0 unspecified atom stereocenters. The maximum absolute atomic E-state index is 12.1. The number of likely N-dealkylation sites (N-methyl/N-ethyl adjacent to an activating group) is 1. The monoisotopic (exact) mass is 402 g/mol. The minimum atomic E-state index is -3.99. The van der Waals surface area contributed by atoms with Gasteiger partial charge in [-0.2, -0.15) is 11.3 Å². The summed E-state index contributed by atoms with van der Waals surface area (Å²) in [5, 5.41) is 8.82. The Balaban J connectivity index is 2.01. The molecule has 0 atom stereocenters. The average Bonchev–Trinajstić information content (AvgIpc) is 3.04. The quantitative estimate of drug-likeness (QED) is 0.742. The summed E-state index contributed by atoms with van der Waals surface area (Å²) >= 11 is 7.40. The molecule has 1 aromatic heterocycles. The second kappa shape index (κ2) is 7.96. The van der Waals surface area contributed by atoms with Crippen LogP contribution in [0.3, 0.4) is 0 Å². The van der Waals surface area contributed by atoms with E-state index in [4.69, 9.17) is 21.5 Å². The van der Waals surface area contributed by atoms with Crippen LogP contribution in [-0.2, 0) is 26.1 Å². The summed E-state index contributed by atoms with van der Waals surface area (Å²) in [6.45, 7) is -0.100. The fourth-order valence-electron chi connectivity index (χ4n) is 1.90. The third-order valence-corrected chi connectivity index (χ3v) is 5.21. The Morgan fingerprint density at radius 3 is 2.64 bits per heavy atom. The normalized spacial score (nSPS) is 11.2. The number of benzene rings is 1. The number of halogens is 1. The molecule has 1 amide bonds. The van der Waals surface area contributed by atoms with Gasteiger partial charge in [0.15, 0.2) is 6.61 Å². The number of carbonyl (C=O) groups excluding carboxylic acids is 2. The lowest BCUT2D eigenvalue weighted by molar-refractivity contribution is -0.133. The molecule has 0 saturated heterocycles. The van der Waals surface area contributed by atoms with Crippen LogP contribution in [0.5, 0.6) is 0 Å². The Hall–Kier alpha value is -1.94. The summed E-state index contributed by atoms with van der Waals surface area (Å²) in [7, 11) is -2.40. The van der Waals surface area contributed by atoms with E-state index < -0.39 is 28.5 Å². The third-order valence-electron chi connectivity index (χ3n) is 3.24. The molecule has 0 bridgehead atoms. The van der Waals surface area contributed by atoms with Crippen LogP contribution in [0.4, 0.5) is 0 Å². The Morgan fingerprint density at radius 1 is 1.32 bits per heavy atom. The van der Waals surface area contributed by atoms with Gasteiger partial charge in [0.2, 0.25) is 10.0 Å². The molecular formula is C15H15ClN2O5S2. The van der Waals surface area contributed by atoms with E-state index in [1.165, 1.54) is 28.4 Å². The number of nitrogens with two attached hydrogens (primary N) is 1. The molecule has 0 aliphatic heterocycles. The molecule has 0 aliphatic carbocycles. The molecule has 2 rings (SSSR count). The van der Waals surface area contributed by atoms with Gasteiger partial charge in [0.25, 0.3) is 5.91 Å². The first kappa shape index (κ1) is 19.4. The first-order valence-corrected chi connectivity index (χ1v) is 9.79. The van der Waals surface area contributed by atoms with E-state index in [1.807, 2.05) is 16.8 Å². The molecular weight excluding hydrogens is 388 g/mol. The molecule has 10 heteroatoms. The number of esters is 1. The van der Waals surface area contributed by atoms with E-state index in [1.54, 1.807) is 7.05 Å². The number of sulfonamides is 1. The highest BCUT2D eigenvalue weighted by Crippen LogP contribution is 2.20. The summed E-state index contributed by atoms with van der Waals surface area (Å²) in [6, 6.07) is 5.30. The molecule has 0 saturated carbocycles. The first-order chi connectivity index (χ1) is 11.7. The lowest BCUT2D eigenvalue weighted by Crippen LogP contribution is -2.30. The highest BCUT2D eigenvalue weighted by Gasteiger charge is 2.19. The maximum atomic E-state index is 12.1. The van der Waals surface area contributed by atoms with Gasteiger partial charge in [0.1, 0.15) is 0 Å². The minimum absolute atomic E-state index is 0.00326. The van der Waals surface area contributed by atoms with E-state index >= 15 is 0 Å². The molecule has 0 fully saturated rings. The van der Waals surface area contributed by atoms with Gasteiger partial charge in [-0.15, -0.1) is 0 Å². The molecule has 7 nitrogen and oxygen atoms in total. The fourth-order valence-corrected chi connectivity index (χ4v) is 3.29. The predicted octanol–water partition coefficient (Wildman–Crippen LogP) is 1.86. The Morgan fingerprint density at radius 2 is 2.04 bits per heavy atom. The van der Waals surface area contributed by atoms with Crippen molar-refractivity contribution in [1.82, 2.24) is 4.90 Å². The lowest BCUT2D eigenvalue weighted by atomic mass is 10.2. The van der Waals surface area contributed by atoms with Crippen molar-refractivity contribution in [2.45, 2.75) is 11.4 Å². The fraction of sp³-hybridized carbons (Fsp3) is 0.200. The van der Waals surface area contributed by atoms with Crippen LogP contribution in [0.1, 0.15) is 15.9 Å². The smallest absolute Gasteiger partial charge is 0.340 e. The van der Waals surface area contributed by atoms with Crippen LogP contribution < -0.4 is 5.14 Å². The highest BCUT2D eigenvalue weighted by atomic mass is 35.5. The molecule has 0 spiro atoms. The molecule has 2 N–H and O–H groups in total. The van der Waals surface area contributed by atoms with E-state index in [0.29, 0.717) is 6.54 Å². The van der Waals surface area contributed by atoms with Crippen molar-refractivity contribution in [2.75, 3.05) is 13.7 Å². The molecule has 1 heterocycles. The number of amides is 1. The molecule has 25 heavy (non-hydrogen) atoms. The summed E-state index contributed by atoms with van der Waals surface area (Å²) in [6.07, 6.45) is 0. The van der Waals surface area contributed by atoms with Crippen molar-refractivity contribution >= 4 is 44.8 Å². The Bertz CT molecular complexity index is 881. The number of hydrogen-bond donors (Lipinski definition) is 1. The van der Waals surface area contributed by atoms with Crippen molar-refractivity contribution in [2.24, 2.45) is 5.14 Å². The second-order valence-corrected chi connectivity index (χ2v) is 7.89. The van der Waals surface area contributed by atoms with Crippen molar-refractivity contribution in [3.8, 4) is 0 Å². The van der Waals surface area contributed by atoms with Crippen LogP contribution in [-0.4, -0.2) is 38.8 Å². The van der Waals surface area contributed by atoms with Crippen molar-refractivity contribution < 1.29 is 22.7 Å². The van der Waals surface area contributed by atoms with Crippen LogP contribution in [0, 0.1) is 0 Å². The highest BCUT2D eigenvalue weighted by molar-refractivity contribution is 7.89. The molecule has 0 aliphatic rings. The summed E-state index contributed by atoms with van der Waals surface area (Å²) in [4.78, 5) is 25.2. The zero-order valence-electron chi connectivity index (χ0n) is 13.1. The Kier molecular flexibility index (Phi) is 6.17. The predicted molar refractivity (Wildman–Crippen MR) is 93.9 cm³/mol. The maximum Gasteiger partial charge on any atom is 0.340 e. The Labute approximate surface area is 154 Å². The number of ether oxygens (including phenoxy) is 1. The average molecular weight is 403 g/mol. The van der Waals surface area contributed by atoms with Gasteiger partial charge in [0, 0.05) is 13.6 Å². The number of rotatable bonds is 6. The van der Waals surface area contributed by atoms with Gasteiger partial charge in [-0.1, -0.05) is 11.6 Å². The summed E-state index contributed by atoms with van der Waals surface area (Å²) < 4.78 is 27.6. The number of nitrogens with zero attached hydrogens (tertiary/aromatic N) is 1. The van der Waals surface area contributed by atoms with Gasteiger partial charge in [-0.25, -0.2) is 18.4 Å². The van der Waals surface area contributed by atoms with Crippen LogP contribution in [0.15, 0.2) is 39.9 Å². The van der Waals surface area contributed by atoms with Crippen LogP contribution in [0.2, 0.25) is 5.02 Å². The van der Waals surface area contributed by atoms with E-state index in [0.717, 1.165) is 11.6 Å². The van der Waals surface area contributed by atoms with Gasteiger partial charge in [0.05, 0.1) is 15.5 Å². The largest absolute Gasteiger partial charge is 0.452 e. The van der Waals surface area contributed by atoms with E-state index in [-0.39, 0.29) is 15.5 Å².